The van der Waals surface area contributed by atoms with Crippen LogP contribution >= 0.6 is 0 Å². The molecule has 2 rings (SSSR count). The number of carbonyl (C=O) groups excluding carboxylic acids is 2. The van der Waals surface area contributed by atoms with E-state index in [2.05, 4.69) is 10.6 Å². The molecule has 0 fully saturated rings. The van der Waals surface area contributed by atoms with Crippen molar-refractivity contribution in [3.63, 3.8) is 0 Å². The Kier molecular flexibility index (Phi) is 3.91. The van der Waals surface area contributed by atoms with Gasteiger partial charge in [0.25, 0.3) is 5.91 Å². The Morgan fingerprint density at radius 2 is 1.83 bits per heavy atom. The molecular weight excluding hydrogens is 228 g/mol. The molecule has 0 aromatic heterocycles. The average Bonchev–Trinajstić information content (AvgIpc) is 2.43. The SMILES string of the molecule is O=CNCCNC(=O)c1ccc2ccccc2c1. The first-order valence-electron chi connectivity index (χ1n) is 5.75. The largest absolute Gasteiger partial charge is 0.357 e. The van der Waals surface area contributed by atoms with Crippen LogP contribution in [0.5, 0.6) is 0 Å². The average molecular weight is 242 g/mol. The molecular formula is C14H14N2O2. The summed E-state index contributed by atoms with van der Waals surface area (Å²) in [6, 6.07) is 13.5. The van der Waals surface area contributed by atoms with Gasteiger partial charge >= 0.3 is 0 Å². The molecule has 0 radical (unpaired) electrons. The summed E-state index contributed by atoms with van der Waals surface area (Å²) in [5, 5.41) is 7.37. The third kappa shape index (κ3) is 2.85. The standard InChI is InChI=1S/C14H14N2O2/c17-10-15-7-8-16-14(18)13-6-5-11-3-1-2-4-12(11)9-13/h1-6,9-10H,7-8H2,(H,15,17)(H,16,18). The monoisotopic (exact) mass is 242 g/mol. The van der Waals surface area contributed by atoms with E-state index in [1.807, 2.05) is 36.4 Å². The molecule has 0 saturated carbocycles. The highest BCUT2D eigenvalue weighted by Gasteiger charge is 2.04. The summed E-state index contributed by atoms with van der Waals surface area (Å²) in [6.07, 6.45) is 0.613. The number of hydrogen-bond donors (Lipinski definition) is 2. The van der Waals surface area contributed by atoms with Gasteiger partial charge in [0.15, 0.2) is 0 Å². The predicted molar refractivity (Wildman–Crippen MR) is 70.3 cm³/mol. The van der Waals surface area contributed by atoms with Crippen LogP contribution in [-0.2, 0) is 4.79 Å². The van der Waals surface area contributed by atoms with Gasteiger partial charge < -0.3 is 10.6 Å². The lowest BCUT2D eigenvalue weighted by Gasteiger charge is -2.05. The maximum absolute atomic E-state index is 11.8. The lowest BCUT2D eigenvalue weighted by molar-refractivity contribution is -0.109. The molecule has 0 spiro atoms. The van der Waals surface area contributed by atoms with Crippen LogP contribution in [0.3, 0.4) is 0 Å². The molecule has 2 amide bonds. The van der Waals surface area contributed by atoms with Crippen LogP contribution in [0.1, 0.15) is 10.4 Å². The smallest absolute Gasteiger partial charge is 0.251 e. The zero-order valence-electron chi connectivity index (χ0n) is 9.85. The van der Waals surface area contributed by atoms with Gasteiger partial charge in [0.2, 0.25) is 6.41 Å². The Morgan fingerprint density at radius 3 is 2.61 bits per heavy atom. The number of rotatable bonds is 5. The van der Waals surface area contributed by atoms with E-state index in [-0.39, 0.29) is 5.91 Å². The zero-order chi connectivity index (χ0) is 12.8. The number of amides is 2. The molecule has 0 heterocycles. The summed E-state index contributed by atoms with van der Waals surface area (Å²) in [5.74, 6) is -0.131. The second kappa shape index (κ2) is 5.82. The van der Waals surface area contributed by atoms with Crippen molar-refractivity contribution in [3.8, 4) is 0 Å². The molecule has 92 valence electrons. The minimum Gasteiger partial charge on any atom is -0.357 e. The van der Waals surface area contributed by atoms with Crippen molar-refractivity contribution >= 4 is 23.1 Å². The summed E-state index contributed by atoms with van der Waals surface area (Å²) >= 11 is 0. The highest BCUT2D eigenvalue weighted by atomic mass is 16.1. The van der Waals surface area contributed by atoms with Gasteiger partial charge in [0.1, 0.15) is 0 Å². The Balaban J connectivity index is 2.06. The first-order chi connectivity index (χ1) is 8.81. The van der Waals surface area contributed by atoms with Crippen molar-refractivity contribution in [3.05, 3.63) is 48.0 Å². The molecule has 0 aliphatic carbocycles. The van der Waals surface area contributed by atoms with Gasteiger partial charge in [-0.2, -0.15) is 0 Å². The molecule has 2 aromatic carbocycles. The molecule has 0 aliphatic heterocycles. The summed E-state index contributed by atoms with van der Waals surface area (Å²) in [6.45, 7) is 0.854. The Morgan fingerprint density at radius 1 is 1.06 bits per heavy atom. The Hall–Kier alpha value is -2.36. The van der Waals surface area contributed by atoms with Gasteiger partial charge in [-0.15, -0.1) is 0 Å². The minimum atomic E-state index is -0.131. The lowest BCUT2D eigenvalue weighted by atomic mass is 10.1. The van der Waals surface area contributed by atoms with E-state index in [0.717, 1.165) is 10.8 Å². The first-order valence-corrected chi connectivity index (χ1v) is 5.75. The summed E-state index contributed by atoms with van der Waals surface area (Å²) in [4.78, 5) is 21.9. The fraction of sp³-hybridized carbons (Fsp3) is 0.143. The summed E-state index contributed by atoms with van der Waals surface area (Å²) in [5.41, 5.74) is 0.625. The topological polar surface area (TPSA) is 58.2 Å². The fourth-order valence-electron chi connectivity index (χ4n) is 1.74. The number of benzene rings is 2. The second-order valence-electron chi connectivity index (χ2n) is 3.89. The van der Waals surface area contributed by atoms with Gasteiger partial charge in [-0.1, -0.05) is 30.3 Å². The molecule has 4 nitrogen and oxygen atoms in total. The number of nitrogens with one attached hydrogen (secondary N) is 2. The first kappa shape index (κ1) is 12.1. The van der Waals surface area contributed by atoms with Crippen molar-refractivity contribution in [1.82, 2.24) is 10.6 Å². The van der Waals surface area contributed by atoms with E-state index in [1.165, 1.54) is 0 Å². The van der Waals surface area contributed by atoms with Crippen molar-refractivity contribution in [2.75, 3.05) is 13.1 Å². The van der Waals surface area contributed by atoms with E-state index in [1.54, 1.807) is 6.07 Å². The summed E-state index contributed by atoms with van der Waals surface area (Å²) < 4.78 is 0. The van der Waals surface area contributed by atoms with E-state index in [9.17, 15) is 9.59 Å². The Labute approximate surface area is 105 Å². The molecule has 18 heavy (non-hydrogen) atoms. The van der Waals surface area contributed by atoms with E-state index in [4.69, 9.17) is 0 Å². The highest BCUT2D eigenvalue weighted by Crippen LogP contribution is 2.15. The molecule has 0 unspecified atom stereocenters. The normalized spacial score (nSPS) is 10.0. The van der Waals surface area contributed by atoms with Crippen LogP contribution in [-0.4, -0.2) is 25.4 Å². The molecule has 2 N–H and O–H groups in total. The lowest BCUT2D eigenvalue weighted by Crippen LogP contribution is -2.31. The van der Waals surface area contributed by atoms with Crippen LogP contribution < -0.4 is 10.6 Å². The zero-order valence-corrected chi connectivity index (χ0v) is 9.85. The van der Waals surface area contributed by atoms with E-state index >= 15 is 0 Å². The van der Waals surface area contributed by atoms with Gasteiger partial charge in [0, 0.05) is 18.7 Å². The van der Waals surface area contributed by atoms with Crippen molar-refractivity contribution in [2.24, 2.45) is 0 Å². The third-order valence-corrected chi connectivity index (χ3v) is 2.65. The maximum Gasteiger partial charge on any atom is 0.251 e. The quantitative estimate of drug-likeness (QED) is 0.613. The minimum absolute atomic E-state index is 0.131. The number of hydrogen-bond acceptors (Lipinski definition) is 2. The van der Waals surface area contributed by atoms with Crippen LogP contribution in [0.4, 0.5) is 0 Å². The second-order valence-corrected chi connectivity index (χ2v) is 3.89. The number of fused-ring (bicyclic) bond motifs is 1. The highest BCUT2D eigenvalue weighted by molar-refractivity contribution is 5.98. The van der Waals surface area contributed by atoms with Crippen LogP contribution in [0.15, 0.2) is 42.5 Å². The van der Waals surface area contributed by atoms with E-state index in [0.29, 0.717) is 25.1 Å². The third-order valence-electron chi connectivity index (χ3n) is 2.65. The fourth-order valence-corrected chi connectivity index (χ4v) is 1.74. The van der Waals surface area contributed by atoms with Gasteiger partial charge in [-0.05, 0) is 22.9 Å². The Bertz CT molecular complexity index is 566. The molecule has 4 heteroatoms. The molecule has 0 saturated heterocycles. The van der Waals surface area contributed by atoms with Crippen molar-refractivity contribution < 1.29 is 9.59 Å². The number of carbonyl (C=O) groups is 2. The van der Waals surface area contributed by atoms with Crippen LogP contribution in [0.2, 0.25) is 0 Å². The molecule has 2 aromatic rings. The van der Waals surface area contributed by atoms with Gasteiger partial charge in [0.05, 0.1) is 0 Å². The van der Waals surface area contributed by atoms with Crippen LogP contribution in [0, 0.1) is 0 Å². The summed E-state index contributed by atoms with van der Waals surface area (Å²) in [7, 11) is 0. The molecule has 0 atom stereocenters. The van der Waals surface area contributed by atoms with Crippen molar-refractivity contribution in [2.45, 2.75) is 0 Å². The van der Waals surface area contributed by atoms with Gasteiger partial charge in [-0.25, -0.2) is 0 Å². The predicted octanol–water partition coefficient (Wildman–Crippen LogP) is 1.32. The maximum atomic E-state index is 11.8. The van der Waals surface area contributed by atoms with Crippen molar-refractivity contribution in [1.29, 1.82) is 0 Å². The van der Waals surface area contributed by atoms with Crippen LogP contribution in [0.25, 0.3) is 10.8 Å². The molecule has 0 aliphatic rings. The van der Waals surface area contributed by atoms with E-state index < -0.39 is 0 Å². The van der Waals surface area contributed by atoms with Gasteiger partial charge in [-0.3, -0.25) is 9.59 Å². The molecule has 0 bridgehead atoms.